The van der Waals surface area contributed by atoms with Gasteiger partial charge in [0.05, 0.1) is 19.6 Å². The zero-order chi connectivity index (χ0) is 20.3. The number of nitrogens with zero attached hydrogens (tertiary/aromatic N) is 1. The monoisotopic (exact) mass is 341 g/mol. The summed E-state index contributed by atoms with van der Waals surface area (Å²) in [5.74, 6) is 1.83. The average Bonchev–Trinajstić information content (AvgIpc) is 3.12. The second-order valence-electron chi connectivity index (χ2n) is 6.17. The second-order valence-corrected chi connectivity index (χ2v) is 6.17. The molecule has 5 rings (SSSR count). The van der Waals surface area contributed by atoms with E-state index in [0.717, 1.165) is 34.6 Å². The van der Waals surface area contributed by atoms with Gasteiger partial charge in [0.2, 0.25) is 6.79 Å². The lowest BCUT2D eigenvalue weighted by molar-refractivity contribution is 0.174. The molecule has 0 saturated heterocycles. The van der Waals surface area contributed by atoms with Gasteiger partial charge in [0, 0.05) is 29.9 Å². The highest BCUT2D eigenvalue weighted by Crippen LogP contribution is 2.45. The minimum Gasteiger partial charge on any atom is -0.493 e. The molecule has 0 saturated carbocycles. The Labute approximate surface area is 152 Å². The van der Waals surface area contributed by atoms with Crippen LogP contribution in [0.25, 0.3) is 11.8 Å². The normalized spacial score (nSPS) is 22.4. The number of rotatable bonds is 2. The molecule has 128 valence electrons. The van der Waals surface area contributed by atoms with Crippen molar-refractivity contribution in [3.05, 3.63) is 46.5 Å². The summed E-state index contributed by atoms with van der Waals surface area (Å²) in [5, 5.41) is 0. The van der Waals surface area contributed by atoms with Gasteiger partial charge in [0.25, 0.3) is 0 Å². The molecule has 5 nitrogen and oxygen atoms in total. The smallest absolute Gasteiger partial charge is 0.231 e. The summed E-state index contributed by atoms with van der Waals surface area (Å²) in [6.45, 7) is 0.00724. The van der Waals surface area contributed by atoms with Crippen molar-refractivity contribution in [2.45, 2.75) is 12.9 Å². The van der Waals surface area contributed by atoms with Crippen molar-refractivity contribution in [1.82, 2.24) is 4.90 Å². The molecule has 5 heteroatoms. The van der Waals surface area contributed by atoms with Gasteiger partial charge < -0.3 is 23.8 Å². The molecule has 0 radical (unpaired) electrons. The summed E-state index contributed by atoms with van der Waals surface area (Å²) in [6.07, 6.45) is 2.71. The Morgan fingerprint density at radius 1 is 1.20 bits per heavy atom. The van der Waals surface area contributed by atoms with Crippen molar-refractivity contribution in [3.8, 4) is 23.0 Å². The summed E-state index contributed by atoms with van der Waals surface area (Å²) in [7, 11) is -1.19. The third kappa shape index (κ3) is 2.08. The Morgan fingerprint density at radius 2 is 2.08 bits per heavy atom. The van der Waals surface area contributed by atoms with Crippen LogP contribution in [0.1, 0.15) is 27.7 Å². The zero-order valence-electron chi connectivity index (χ0n) is 17.7. The van der Waals surface area contributed by atoms with Crippen LogP contribution in [-0.4, -0.2) is 32.4 Å². The Morgan fingerprint density at radius 3 is 2.92 bits per heavy atom. The summed E-state index contributed by atoms with van der Waals surface area (Å²) >= 11 is 0. The largest absolute Gasteiger partial charge is 0.493 e. The van der Waals surface area contributed by atoms with E-state index in [1.165, 1.54) is 7.11 Å². The third-order valence-electron chi connectivity index (χ3n) is 4.90. The van der Waals surface area contributed by atoms with Gasteiger partial charge in [-0.15, -0.1) is 0 Å². The molecule has 0 fully saturated rings. The van der Waals surface area contributed by atoms with Crippen LogP contribution in [-0.2, 0) is 12.9 Å². The molecule has 0 N–H and O–H groups in total. The number of benzene rings is 2. The molecule has 0 spiro atoms. The van der Waals surface area contributed by atoms with Crippen LogP contribution in [0, 0.1) is 0 Å². The lowest BCUT2D eigenvalue weighted by Gasteiger charge is -2.37. The molecular formula is C20H19NO4. The Kier molecular flexibility index (Phi) is 2.33. The standard InChI is InChI=1S/C20H19NO4/c1-22-17-4-3-12-7-16-14-9-19-18(24-11-25-19)8-13(14)5-6-21(16)10-15(12)20(17)23-2/h3-4,7-9H,5-6,10-11H2,1-2H3/i2D3,10D/t10-/m1/s1. The average molecular weight is 341 g/mol. The van der Waals surface area contributed by atoms with Crippen LogP contribution in [0.3, 0.4) is 0 Å². The van der Waals surface area contributed by atoms with E-state index in [0.29, 0.717) is 23.6 Å². The Bertz CT molecular complexity index is 1030. The molecule has 1 atom stereocenters. The van der Waals surface area contributed by atoms with E-state index in [2.05, 4.69) is 0 Å². The first kappa shape index (κ1) is 10.9. The van der Waals surface area contributed by atoms with Gasteiger partial charge >= 0.3 is 0 Å². The van der Waals surface area contributed by atoms with E-state index in [4.69, 9.17) is 24.4 Å². The van der Waals surface area contributed by atoms with Gasteiger partial charge in [-0.25, -0.2) is 0 Å². The van der Waals surface area contributed by atoms with Crippen molar-refractivity contribution >= 4 is 11.8 Å². The van der Waals surface area contributed by atoms with Crippen molar-refractivity contribution in [1.29, 1.82) is 0 Å². The molecule has 3 aliphatic heterocycles. The summed E-state index contributed by atoms with van der Waals surface area (Å²) in [4.78, 5) is 1.94. The summed E-state index contributed by atoms with van der Waals surface area (Å²) in [5.41, 5.74) is 4.27. The topological polar surface area (TPSA) is 40.2 Å². The molecule has 3 aliphatic rings. The van der Waals surface area contributed by atoms with E-state index < -0.39 is 13.6 Å². The maximum absolute atomic E-state index is 8.90. The molecule has 0 aliphatic carbocycles. The van der Waals surface area contributed by atoms with Crippen LogP contribution in [0.5, 0.6) is 23.0 Å². The lowest BCUT2D eigenvalue weighted by Crippen LogP contribution is -2.31. The summed E-state index contributed by atoms with van der Waals surface area (Å²) < 4.78 is 53.0. The lowest BCUT2D eigenvalue weighted by atomic mass is 9.90. The molecule has 0 bridgehead atoms. The molecule has 3 heterocycles. The minimum absolute atomic E-state index is 0.0942. The predicted octanol–water partition coefficient (Wildman–Crippen LogP) is 3.30. The van der Waals surface area contributed by atoms with Gasteiger partial charge in [-0.3, -0.25) is 0 Å². The second kappa shape index (κ2) is 5.34. The summed E-state index contributed by atoms with van der Waals surface area (Å²) in [6, 6.07) is 7.45. The highest BCUT2D eigenvalue weighted by molar-refractivity contribution is 5.87. The molecule has 25 heavy (non-hydrogen) atoms. The molecule has 0 aromatic heterocycles. The fourth-order valence-corrected chi connectivity index (χ4v) is 3.66. The predicted molar refractivity (Wildman–Crippen MR) is 94.1 cm³/mol. The van der Waals surface area contributed by atoms with Crippen LogP contribution in [0.4, 0.5) is 0 Å². The molecular weight excluding hydrogens is 318 g/mol. The van der Waals surface area contributed by atoms with Crippen LogP contribution in [0.15, 0.2) is 24.3 Å². The Hall–Kier alpha value is -2.82. The van der Waals surface area contributed by atoms with Crippen LogP contribution < -0.4 is 18.9 Å². The molecule has 2 aromatic rings. The third-order valence-corrected chi connectivity index (χ3v) is 4.90. The number of hydrogen-bond donors (Lipinski definition) is 0. The van der Waals surface area contributed by atoms with Gasteiger partial charge in [-0.2, -0.15) is 0 Å². The zero-order valence-corrected chi connectivity index (χ0v) is 13.7. The van der Waals surface area contributed by atoms with E-state index in [1.807, 2.05) is 29.2 Å². The van der Waals surface area contributed by atoms with Crippen LogP contribution in [0.2, 0.25) is 0 Å². The van der Waals surface area contributed by atoms with E-state index >= 15 is 0 Å². The highest BCUT2D eigenvalue weighted by atomic mass is 16.7. The minimum atomic E-state index is -2.64. The van der Waals surface area contributed by atoms with Gasteiger partial charge in [0.15, 0.2) is 23.0 Å². The van der Waals surface area contributed by atoms with Gasteiger partial charge in [-0.05, 0) is 41.8 Å². The van der Waals surface area contributed by atoms with Crippen molar-refractivity contribution < 1.29 is 24.4 Å². The molecule has 0 amide bonds. The molecule has 2 aromatic carbocycles. The number of fused-ring (bicyclic) bond motifs is 5. The maximum Gasteiger partial charge on any atom is 0.231 e. The number of methoxy groups -OCH3 is 2. The van der Waals surface area contributed by atoms with Crippen LogP contribution >= 0.6 is 0 Å². The highest BCUT2D eigenvalue weighted by Gasteiger charge is 2.30. The maximum atomic E-state index is 8.90. The first-order chi connectivity index (χ1) is 13.9. The quantitative estimate of drug-likeness (QED) is 0.838. The van der Waals surface area contributed by atoms with Crippen molar-refractivity contribution in [2.75, 3.05) is 27.5 Å². The van der Waals surface area contributed by atoms with E-state index in [9.17, 15) is 0 Å². The van der Waals surface area contributed by atoms with Crippen molar-refractivity contribution in [3.63, 3.8) is 0 Å². The SMILES string of the molecule is [2H][C@@H]1c2c(ccc(OC)c2OC([2H])([2H])[2H])C=C2c3cc4c(cc3CCN21)OCO4. The van der Waals surface area contributed by atoms with Crippen molar-refractivity contribution in [2.24, 2.45) is 0 Å². The first-order valence-corrected chi connectivity index (χ1v) is 8.09. The van der Waals surface area contributed by atoms with E-state index in [-0.39, 0.29) is 12.5 Å². The first-order valence-electron chi connectivity index (χ1n) is 10.2. The Balaban J connectivity index is 1.67. The number of ether oxygens (including phenoxy) is 4. The van der Waals surface area contributed by atoms with Gasteiger partial charge in [-0.1, -0.05) is 6.07 Å². The van der Waals surface area contributed by atoms with Gasteiger partial charge in [0.1, 0.15) is 0 Å². The fourth-order valence-electron chi connectivity index (χ4n) is 3.66. The number of hydrogen-bond acceptors (Lipinski definition) is 5. The fraction of sp³-hybridized carbons (Fsp3) is 0.300. The van der Waals surface area contributed by atoms with E-state index in [1.54, 1.807) is 6.07 Å². The molecule has 0 unspecified atom stereocenters.